The molecule has 2 heterocycles. The summed E-state index contributed by atoms with van der Waals surface area (Å²) < 4.78 is 10.5. The molecular weight excluding hydrogens is 262 g/mol. The molecule has 1 aromatic rings. The predicted molar refractivity (Wildman–Crippen MR) is 68.9 cm³/mol. The van der Waals surface area contributed by atoms with Crippen LogP contribution in [0.25, 0.3) is 0 Å². The van der Waals surface area contributed by atoms with Crippen LogP contribution in [0.15, 0.2) is 29.5 Å². The Morgan fingerprint density at radius 2 is 2.10 bits per heavy atom. The maximum atomic E-state index is 11.6. The molecule has 7 heteroatoms. The van der Waals surface area contributed by atoms with E-state index in [1.807, 2.05) is 0 Å². The van der Waals surface area contributed by atoms with Crippen LogP contribution in [0.3, 0.4) is 0 Å². The van der Waals surface area contributed by atoms with Crippen molar-refractivity contribution in [2.75, 3.05) is 6.79 Å². The smallest absolute Gasteiger partial charge is 0.319 e. The maximum absolute atomic E-state index is 11.6. The fourth-order valence-corrected chi connectivity index (χ4v) is 2.36. The van der Waals surface area contributed by atoms with Crippen LogP contribution in [0.1, 0.15) is 18.5 Å². The molecule has 0 unspecified atom stereocenters. The summed E-state index contributed by atoms with van der Waals surface area (Å²) in [5.41, 5.74) is 6.88. The first kappa shape index (κ1) is 12.3. The molecule has 0 bridgehead atoms. The second-order valence-electron chi connectivity index (χ2n) is 4.55. The second-order valence-corrected chi connectivity index (χ2v) is 4.55. The Morgan fingerprint density at radius 3 is 2.85 bits per heavy atom. The molecule has 0 radical (unpaired) electrons. The monoisotopic (exact) mass is 275 g/mol. The van der Waals surface area contributed by atoms with Crippen LogP contribution in [0, 0.1) is 0 Å². The molecule has 3 amide bonds. The van der Waals surface area contributed by atoms with Crippen molar-refractivity contribution >= 4 is 11.9 Å². The lowest BCUT2D eigenvalue weighted by Crippen LogP contribution is -2.46. The first-order valence-electron chi connectivity index (χ1n) is 6.04. The molecule has 20 heavy (non-hydrogen) atoms. The highest BCUT2D eigenvalue weighted by Crippen LogP contribution is 2.36. The third-order valence-corrected chi connectivity index (χ3v) is 3.26. The van der Waals surface area contributed by atoms with E-state index in [1.54, 1.807) is 25.1 Å². The summed E-state index contributed by atoms with van der Waals surface area (Å²) in [5.74, 6) is 0.629. The number of allylic oxidation sites excluding steroid dienone is 1. The molecule has 0 fully saturated rings. The highest BCUT2D eigenvalue weighted by Gasteiger charge is 2.30. The van der Waals surface area contributed by atoms with Gasteiger partial charge < -0.3 is 25.8 Å². The number of nitrogens with one attached hydrogen (secondary N) is 2. The number of amides is 3. The van der Waals surface area contributed by atoms with E-state index in [-0.39, 0.29) is 12.8 Å². The Hall–Kier alpha value is -2.70. The van der Waals surface area contributed by atoms with Crippen LogP contribution in [-0.4, -0.2) is 18.7 Å². The highest BCUT2D eigenvalue weighted by atomic mass is 16.7. The number of nitrogens with two attached hydrogens (primary N) is 1. The Bertz CT molecular complexity index is 639. The summed E-state index contributed by atoms with van der Waals surface area (Å²) in [6.07, 6.45) is 0. The van der Waals surface area contributed by atoms with Crippen molar-refractivity contribution in [1.82, 2.24) is 10.6 Å². The minimum atomic E-state index is -0.601. The number of hydrogen-bond acceptors (Lipinski definition) is 4. The van der Waals surface area contributed by atoms with E-state index in [2.05, 4.69) is 10.6 Å². The fourth-order valence-electron chi connectivity index (χ4n) is 2.36. The molecule has 1 atom stereocenters. The average molecular weight is 275 g/mol. The topological polar surface area (TPSA) is 103 Å². The van der Waals surface area contributed by atoms with Crippen LogP contribution < -0.4 is 25.8 Å². The maximum Gasteiger partial charge on any atom is 0.319 e. The normalized spacial score (nSPS) is 20.4. The zero-order valence-electron chi connectivity index (χ0n) is 10.7. The van der Waals surface area contributed by atoms with E-state index >= 15 is 0 Å². The van der Waals surface area contributed by atoms with Gasteiger partial charge in [0.25, 0.3) is 0 Å². The van der Waals surface area contributed by atoms with E-state index < -0.39 is 11.9 Å². The third kappa shape index (κ3) is 1.93. The summed E-state index contributed by atoms with van der Waals surface area (Å²) in [6.45, 7) is 1.80. The van der Waals surface area contributed by atoms with E-state index in [1.165, 1.54) is 0 Å². The number of benzene rings is 1. The van der Waals surface area contributed by atoms with Crippen LogP contribution in [0.4, 0.5) is 4.79 Å². The first-order valence-corrected chi connectivity index (χ1v) is 6.04. The van der Waals surface area contributed by atoms with Gasteiger partial charge in [-0.05, 0) is 24.6 Å². The van der Waals surface area contributed by atoms with Crippen molar-refractivity contribution in [3.05, 3.63) is 35.0 Å². The lowest BCUT2D eigenvalue weighted by Gasteiger charge is -2.27. The lowest BCUT2D eigenvalue weighted by atomic mass is 9.95. The molecule has 0 spiro atoms. The number of urea groups is 1. The van der Waals surface area contributed by atoms with E-state index in [9.17, 15) is 9.59 Å². The molecule has 2 aliphatic heterocycles. The highest BCUT2D eigenvalue weighted by molar-refractivity contribution is 5.97. The standard InChI is InChI=1S/C13H13N3O4/c1-6-10(12(14)17)11(16-13(18)15-6)7-2-3-8-9(4-7)20-5-19-8/h2-4,11H,5H2,1H3,(H2,14,17)(H2,15,16,18)/t11-/m1/s1. The summed E-state index contributed by atoms with van der Waals surface area (Å²) in [7, 11) is 0. The van der Waals surface area contributed by atoms with Crippen molar-refractivity contribution in [3.8, 4) is 11.5 Å². The number of hydrogen-bond donors (Lipinski definition) is 3. The number of fused-ring (bicyclic) bond motifs is 1. The lowest BCUT2D eigenvalue weighted by molar-refractivity contribution is -0.115. The molecule has 104 valence electrons. The van der Waals surface area contributed by atoms with Gasteiger partial charge in [-0.2, -0.15) is 0 Å². The number of primary amides is 1. The van der Waals surface area contributed by atoms with Crippen molar-refractivity contribution in [2.45, 2.75) is 13.0 Å². The Morgan fingerprint density at radius 1 is 1.35 bits per heavy atom. The van der Waals surface area contributed by atoms with Crippen LogP contribution in [0.5, 0.6) is 11.5 Å². The summed E-state index contributed by atoms with van der Waals surface area (Å²) in [5, 5.41) is 5.22. The molecule has 0 aromatic heterocycles. The van der Waals surface area contributed by atoms with Crippen molar-refractivity contribution < 1.29 is 19.1 Å². The molecule has 1 aromatic carbocycles. The molecule has 0 aliphatic carbocycles. The van der Waals surface area contributed by atoms with Crippen molar-refractivity contribution in [1.29, 1.82) is 0 Å². The van der Waals surface area contributed by atoms with Gasteiger partial charge in [-0.15, -0.1) is 0 Å². The zero-order valence-corrected chi connectivity index (χ0v) is 10.7. The number of carbonyl (C=O) groups is 2. The van der Waals surface area contributed by atoms with E-state index in [0.29, 0.717) is 28.3 Å². The Balaban J connectivity index is 2.05. The van der Waals surface area contributed by atoms with Crippen molar-refractivity contribution in [3.63, 3.8) is 0 Å². The van der Waals surface area contributed by atoms with Gasteiger partial charge in [-0.1, -0.05) is 6.07 Å². The second kappa shape index (κ2) is 4.44. The number of carbonyl (C=O) groups excluding carboxylic acids is 2. The molecule has 4 N–H and O–H groups in total. The van der Waals surface area contributed by atoms with Gasteiger partial charge in [0, 0.05) is 5.70 Å². The van der Waals surface area contributed by atoms with Crippen molar-refractivity contribution in [2.24, 2.45) is 5.73 Å². The van der Waals surface area contributed by atoms with Gasteiger partial charge in [0.1, 0.15) is 0 Å². The zero-order chi connectivity index (χ0) is 14.3. The van der Waals surface area contributed by atoms with Gasteiger partial charge in [-0.3, -0.25) is 4.79 Å². The van der Waals surface area contributed by atoms with Crippen LogP contribution >= 0.6 is 0 Å². The van der Waals surface area contributed by atoms with Gasteiger partial charge in [0.2, 0.25) is 12.7 Å². The summed E-state index contributed by atoms with van der Waals surface area (Å²) >= 11 is 0. The fraction of sp³-hybridized carbons (Fsp3) is 0.231. The minimum absolute atomic E-state index is 0.162. The first-order chi connectivity index (χ1) is 9.56. The number of rotatable bonds is 2. The predicted octanol–water partition coefficient (Wildman–Crippen LogP) is 0.529. The van der Waals surface area contributed by atoms with Gasteiger partial charge in [0.15, 0.2) is 11.5 Å². The van der Waals surface area contributed by atoms with Gasteiger partial charge in [-0.25, -0.2) is 4.79 Å². The minimum Gasteiger partial charge on any atom is -0.454 e. The largest absolute Gasteiger partial charge is 0.454 e. The molecule has 0 saturated carbocycles. The molecular formula is C13H13N3O4. The van der Waals surface area contributed by atoms with E-state index in [4.69, 9.17) is 15.2 Å². The third-order valence-electron chi connectivity index (χ3n) is 3.26. The Kier molecular flexibility index (Phi) is 2.74. The average Bonchev–Trinajstić information content (AvgIpc) is 2.84. The molecule has 2 aliphatic rings. The SMILES string of the molecule is CC1=C(C(N)=O)[C@@H](c2ccc3c(c2)OCO3)NC(=O)N1. The quantitative estimate of drug-likeness (QED) is 0.732. The molecule has 3 rings (SSSR count). The van der Waals surface area contributed by atoms with Gasteiger partial charge in [0.05, 0.1) is 11.6 Å². The van der Waals surface area contributed by atoms with Crippen LogP contribution in [0.2, 0.25) is 0 Å². The van der Waals surface area contributed by atoms with Gasteiger partial charge >= 0.3 is 6.03 Å². The number of ether oxygens (including phenoxy) is 2. The molecule has 7 nitrogen and oxygen atoms in total. The summed E-state index contributed by atoms with van der Waals surface area (Å²) in [6, 6.07) is 4.25. The molecule has 0 saturated heterocycles. The Labute approximate surface area is 114 Å². The van der Waals surface area contributed by atoms with Crippen LogP contribution in [-0.2, 0) is 4.79 Å². The summed E-state index contributed by atoms with van der Waals surface area (Å²) in [4.78, 5) is 23.2. The van der Waals surface area contributed by atoms with E-state index in [0.717, 1.165) is 0 Å².